The summed E-state index contributed by atoms with van der Waals surface area (Å²) in [5, 5.41) is 0. The van der Waals surface area contributed by atoms with Crippen molar-refractivity contribution in [1.82, 2.24) is 9.80 Å². The summed E-state index contributed by atoms with van der Waals surface area (Å²) in [6, 6.07) is 5.04. The van der Waals surface area contributed by atoms with Crippen molar-refractivity contribution in [1.29, 1.82) is 0 Å². The predicted molar refractivity (Wildman–Crippen MR) is 82.0 cm³/mol. The molecular weight excluding hydrogens is 296 g/mol. The summed E-state index contributed by atoms with van der Waals surface area (Å²) in [6.45, 7) is 2.17. The molecule has 4 rings (SSSR count). The standard InChI is InChI=1S/C17H20N2O4/c1-3-11-17(21)19-12(5-6-13(19)16(20)18(11)2)10-4-7-14-15(8-10)23-9-22-14/h4,7-8,11-13H,3,5-6,9H2,1-2H3/t11-,12-,13+/m1/s1. The van der Waals surface area contributed by atoms with Crippen molar-refractivity contribution in [2.24, 2.45) is 0 Å². The highest BCUT2D eigenvalue weighted by Crippen LogP contribution is 2.43. The van der Waals surface area contributed by atoms with Crippen molar-refractivity contribution in [3.05, 3.63) is 23.8 Å². The van der Waals surface area contributed by atoms with E-state index in [1.54, 1.807) is 16.8 Å². The maximum absolute atomic E-state index is 12.9. The molecule has 1 aromatic carbocycles. The lowest BCUT2D eigenvalue weighted by Crippen LogP contribution is -2.61. The van der Waals surface area contributed by atoms with Crippen molar-refractivity contribution in [2.75, 3.05) is 13.8 Å². The average molecular weight is 316 g/mol. The summed E-state index contributed by atoms with van der Waals surface area (Å²) in [5.74, 6) is 1.56. The SMILES string of the molecule is CC[C@@H]1C(=O)N2[C@@H](c3ccc4c(c3)OCO4)CC[C@H]2C(=O)N1C. The fourth-order valence-corrected chi connectivity index (χ4v) is 3.98. The molecule has 0 aliphatic carbocycles. The van der Waals surface area contributed by atoms with E-state index in [1.807, 2.05) is 25.1 Å². The number of ether oxygens (including phenoxy) is 2. The topological polar surface area (TPSA) is 59.1 Å². The van der Waals surface area contributed by atoms with Crippen LogP contribution in [0.1, 0.15) is 37.8 Å². The molecule has 3 aliphatic rings. The molecule has 0 bridgehead atoms. The lowest BCUT2D eigenvalue weighted by Gasteiger charge is -2.42. The van der Waals surface area contributed by atoms with Crippen molar-refractivity contribution < 1.29 is 19.1 Å². The van der Waals surface area contributed by atoms with Crippen LogP contribution in [0.15, 0.2) is 18.2 Å². The van der Waals surface area contributed by atoms with Crippen LogP contribution < -0.4 is 9.47 Å². The Morgan fingerprint density at radius 3 is 2.61 bits per heavy atom. The predicted octanol–water partition coefficient (Wildman–Crippen LogP) is 1.70. The van der Waals surface area contributed by atoms with Gasteiger partial charge in [-0.15, -0.1) is 0 Å². The number of benzene rings is 1. The molecule has 6 heteroatoms. The Labute approximate surface area is 134 Å². The number of amides is 2. The van der Waals surface area contributed by atoms with Gasteiger partial charge in [0.25, 0.3) is 0 Å². The first-order valence-electron chi connectivity index (χ1n) is 8.10. The maximum atomic E-state index is 12.9. The van der Waals surface area contributed by atoms with Crippen LogP contribution in [0, 0.1) is 0 Å². The molecule has 2 amide bonds. The van der Waals surface area contributed by atoms with Crippen LogP contribution in [-0.2, 0) is 9.59 Å². The quantitative estimate of drug-likeness (QED) is 0.833. The molecule has 0 radical (unpaired) electrons. The third-order valence-corrected chi connectivity index (χ3v) is 5.19. The first-order chi connectivity index (χ1) is 11.1. The van der Waals surface area contributed by atoms with Crippen molar-refractivity contribution >= 4 is 11.8 Å². The van der Waals surface area contributed by atoms with E-state index >= 15 is 0 Å². The zero-order valence-corrected chi connectivity index (χ0v) is 13.3. The van der Waals surface area contributed by atoms with E-state index in [2.05, 4.69) is 0 Å². The fraction of sp³-hybridized carbons (Fsp3) is 0.529. The van der Waals surface area contributed by atoms with Gasteiger partial charge < -0.3 is 19.3 Å². The second-order valence-electron chi connectivity index (χ2n) is 6.34. The van der Waals surface area contributed by atoms with Gasteiger partial charge in [-0.05, 0) is 37.0 Å². The number of piperazine rings is 1. The van der Waals surface area contributed by atoms with Crippen molar-refractivity contribution in [3.8, 4) is 11.5 Å². The monoisotopic (exact) mass is 316 g/mol. The molecule has 0 aromatic heterocycles. The van der Waals surface area contributed by atoms with Crippen LogP contribution in [0.4, 0.5) is 0 Å². The Balaban J connectivity index is 1.69. The minimum atomic E-state index is -0.353. The number of carbonyl (C=O) groups is 2. The van der Waals surface area contributed by atoms with Crippen LogP contribution in [0.5, 0.6) is 11.5 Å². The molecular formula is C17H20N2O4. The van der Waals surface area contributed by atoms with E-state index in [9.17, 15) is 9.59 Å². The molecule has 122 valence electrons. The Morgan fingerprint density at radius 2 is 1.83 bits per heavy atom. The minimum absolute atomic E-state index is 0.0553. The molecule has 3 atom stereocenters. The van der Waals surface area contributed by atoms with Crippen LogP contribution in [-0.4, -0.2) is 47.5 Å². The second kappa shape index (κ2) is 5.15. The zero-order valence-electron chi connectivity index (χ0n) is 13.3. The molecule has 2 saturated heterocycles. The number of hydrogen-bond donors (Lipinski definition) is 0. The number of hydrogen-bond acceptors (Lipinski definition) is 4. The summed E-state index contributed by atoms with van der Waals surface area (Å²) < 4.78 is 10.8. The second-order valence-corrected chi connectivity index (χ2v) is 6.34. The van der Waals surface area contributed by atoms with E-state index in [0.29, 0.717) is 18.6 Å². The van der Waals surface area contributed by atoms with Crippen LogP contribution in [0.2, 0.25) is 0 Å². The lowest BCUT2D eigenvalue weighted by atomic mass is 10.0. The van der Waals surface area contributed by atoms with Gasteiger partial charge in [0.2, 0.25) is 18.6 Å². The number of carbonyl (C=O) groups excluding carboxylic acids is 2. The number of rotatable bonds is 2. The molecule has 3 heterocycles. The third-order valence-electron chi connectivity index (χ3n) is 5.19. The van der Waals surface area contributed by atoms with Crippen LogP contribution >= 0.6 is 0 Å². The molecule has 0 N–H and O–H groups in total. The summed E-state index contributed by atoms with van der Waals surface area (Å²) in [4.78, 5) is 28.9. The Hall–Kier alpha value is -2.24. The van der Waals surface area contributed by atoms with Gasteiger partial charge in [0.05, 0.1) is 6.04 Å². The molecule has 23 heavy (non-hydrogen) atoms. The van der Waals surface area contributed by atoms with Gasteiger partial charge in [-0.25, -0.2) is 0 Å². The van der Waals surface area contributed by atoms with Gasteiger partial charge in [-0.2, -0.15) is 0 Å². The summed E-state index contributed by atoms with van der Waals surface area (Å²) >= 11 is 0. The highest BCUT2D eigenvalue weighted by Gasteiger charge is 2.50. The van der Waals surface area contributed by atoms with E-state index in [1.165, 1.54) is 0 Å². The molecule has 3 aliphatic heterocycles. The zero-order chi connectivity index (χ0) is 16.1. The number of nitrogens with zero attached hydrogens (tertiary/aromatic N) is 2. The first-order valence-corrected chi connectivity index (χ1v) is 8.10. The fourth-order valence-electron chi connectivity index (χ4n) is 3.98. The molecule has 0 saturated carbocycles. The highest BCUT2D eigenvalue weighted by atomic mass is 16.7. The van der Waals surface area contributed by atoms with E-state index in [4.69, 9.17) is 9.47 Å². The van der Waals surface area contributed by atoms with Gasteiger partial charge in [0, 0.05) is 7.05 Å². The van der Waals surface area contributed by atoms with Gasteiger partial charge in [0.15, 0.2) is 11.5 Å². The van der Waals surface area contributed by atoms with Crippen LogP contribution in [0.3, 0.4) is 0 Å². The summed E-state index contributed by atoms with van der Waals surface area (Å²) in [5.41, 5.74) is 1.01. The maximum Gasteiger partial charge on any atom is 0.246 e. The van der Waals surface area contributed by atoms with Gasteiger partial charge in [-0.3, -0.25) is 9.59 Å². The first kappa shape index (κ1) is 14.4. The molecule has 1 aromatic rings. The van der Waals surface area contributed by atoms with Crippen molar-refractivity contribution in [2.45, 2.75) is 44.3 Å². The largest absolute Gasteiger partial charge is 0.454 e. The Morgan fingerprint density at radius 1 is 1.09 bits per heavy atom. The average Bonchev–Trinajstić information content (AvgIpc) is 3.19. The van der Waals surface area contributed by atoms with E-state index in [-0.39, 0.29) is 36.7 Å². The van der Waals surface area contributed by atoms with E-state index in [0.717, 1.165) is 17.7 Å². The molecule has 2 fully saturated rings. The molecule has 6 nitrogen and oxygen atoms in total. The normalized spacial score (nSPS) is 29.2. The Bertz CT molecular complexity index is 675. The van der Waals surface area contributed by atoms with E-state index < -0.39 is 0 Å². The third kappa shape index (κ3) is 2.00. The Kier molecular flexibility index (Phi) is 3.21. The smallest absolute Gasteiger partial charge is 0.246 e. The minimum Gasteiger partial charge on any atom is -0.454 e. The lowest BCUT2D eigenvalue weighted by molar-refractivity contribution is -0.160. The van der Waals surface area contributed by atoms with Crippen molar-refractivity contribution in [3.63, 3.8) is 0 Å². The summed E-state index contributed by atoms with van der Waals surface area (Å²) in [7, 11) is 1.74. The molecule has 0 unspecified atom stereocenters. The van der Waals surface area contributed by atoms with Gasteiger partial charge >= 0.3 is 0 Å². The van der Waals surface area contributed by atoms with Gasteiger partial charge in [0.1, 0.15) is 12.1 Å². The summed E-state index contributed by atoms with van der Waals surface area (Å²) in [6.07, 6.45) is 2.15. The van der Waals surface area contributed by atoms with Crippen LogP contribution in [0.25, 0.3) is 0 Å². The molecule has 0 spiro atoms. The highest BCUT2D eigenvalue weighted by molar-refractivity contribution is 5.97. The van der Waals surface area contributed by atoms with Gasteiger partial charge in [-0.1, -0.05) is 13.0 Å². The number of likely N-dealkylation sites (N-methyl/N-ethyl adjacent to an activating group) is 1. The number of fused-ring (bicyclic) bond motifs is 2.